The van der Waals surface area contributed by atoms with Crippen LogP contribution in [0.1, 0.15) is 0 Å². The zero-order chi connectivity index (χ0) is 0. The van der Waals surface area contributed by atoms with Crippen molar-refractivity contribution >= 4 is 94.2 Å². The molecular weight excluding hydrogens is 275 g/mol. The Morgan fingerprint density at radius 3 is 0.250 bits per heavy atom. The molecule has 0 saturated heterocycles. The smallest absolute Gasteiger partial charge is 0 e. The van der Waals surface area contributed by atoms with Crippen molar-refractivity contribution in [3.63, 3.8) is 0 Å². The summed E-state index contributed by atoms with van der Waals surface area (Å²) in [6, 6.07) is 0. The van der Waals surface area contributed by atoms with Crippen molar-refractivity contribution in [3.05, 3.63) is 0 Å². The van der Waals surface area contributed by atoms with E-state index >= 15 is 0 Å². The molecule has 0 aliphatic rings. The summed E-state index contributed by atoms with van der Waals surface area (Å²) in [5.74, 6) is 0. The van der Waals surface area contributed by atoms with E-state index in [4.69, 9.17) is 0 Å². The molecular formula is H6Cl6P2. The molecule has 0 bridgehead atoms. The molecule has 0 fully saturated rings. The second kappa shape index (κ2) is 105. The highest BCUT2D eigenvalue weighted by Crippen LogP contribution is 0.862. The lowest BCUT2D eigenvalue weighted by molar-refractivity contribution is 5.85. The third-order valence-corrected chi connectivity index (χ3v) is 0. The molecule has 0 nitrogen and oxygen atoms in total. The van der Waals surface area contributed by atoms with E-state index < -0.39 is 0 Å². The van der Waals surface area contributed by atoms with Crippen LogP contribution in [0.4, 0.5) is 0 Å². The monoisotopic (exact) mass is 278 g/mol. The van der Waals surface area contributed by atoms with Crippen LogP contribution >= 0.6 is 94.2 Å². The maximum absolute atomic E-state index is 0. The normalized spacial score (nSPS) is 0. The molecule has 0 unspecified atom stereocenters. The summed E-state index contributed by atoms with van der Waals surface area (Å²) in [6.07, 6.45) is 0. The highest BCUT2D eigenvalue weighted by atomic mass is 35.5. The highest BCUT2D eigenvalue weighted by molar-refractivity contribution is 6.92. The van der Waals surface area contributed by atoms with Gasteiger partial charge >= 0.3 is 0 Å². The first-order valence-electron chi connectivity index (χ1n) is 0. The lowest BCUT2D eigenvalue weighted by Crippen LogP contribution is 0.688. The van der Waals surface area contributed by atoms with Gasteiger partial charge in [-0.1, -0.05) is 0 Å². The molecule has 0 aliphatic carbocycles. The van der Waals surface area contributed by atoms with Crippen LogP contribution in [0.2, 0.25) is 0 Å². The lowest BCUT2D eigenvalue weighted by Gasteiger charge is -0.148. The third kappa shape index (κ3) is 73.5. The Balaban J connectivity index is 0. The SMILES string of the molecule is Cl.Cl.Cl.Cl.Cl.Cl.[P].[P]. The zero-order valence-electron chi connectivity index (χ0n) is 3.34. The van der Waals surface area contributed by atoms with E-state index in [1.807, 2.05) is 0 Å². The Hall–Kier alpha value is 2.60. The van der Waals surface area contributed by atoms with Gasteiger partial charge in [0.1, 0.15) is 0 Å². The molecule has 8 heteroatoms. The summed E-state index contributed by atoms with van der Waals surface area (Å²) < 4.78 is 0. The highest BCUT2D eigenvalue weighted by Gasteiger charge is 0.00108. The molecule has 0 spiro atoms. The third-order valence-electron chi connectivity index (χ3n) is 0. The van der Waals surface area contributed by atoms with Crippen LogP contribution < -0.4 is 0 Å². The van der Waals surface area contributed by atoms with Crippen LogP contribution in [-0.2, 0) is 0 Å². The van der Waals surface area contributed by atoms with Crippen molar-refractivity contribution in [2.75, 3.05) is 0 Å². The Morgan fingerprint density at radius 1 is 0.250 bits per heavy atom. The fourth-order valence-corrected chi connectivity index (χ4v) is 0. The van der Waals surface area contributed by atoms with Gasteiger partial charge < -0.3 is 0 Å². The van der Waals surface area contributed by atoms with Crippen LogP contribution in [0.5, 0.6) is 0 Å². The maximum atomic E-state index is 0. The van der Waals surface area contributed by atoms with Gasteiger partial charge in [0, 0.05) is 19.8 Å². The van der Waals surface area contributed by atoms with Crippen molar-refractivity contribution in [2.24, 2.45) is 0 Å². The molecule has 0 heterocycles. The van der Waals surface area contributed by atoms with Gasteiger partial charge in [0.05, 0.1) is 0 Å². The first-order chi connectivity index (χ1) is 0. The fraction of sp³-hybridized carbons (Fsp3) is 0. The second-order valence-corrected chi connectivity index (χ2v) is 0. The number of hydrogen-bond acceptors (Lipinski definition) is 0. The van der Waals surface area contributed by atoms with E-state index in [0.717, 1.165) is 0 Å². The van der Waals surface area contributed by atoms with Crippen LogP contribution in [0.25, 0.3) is 0 Å². The Bertz CT molecular complexity index is 6.49. The van der Waals surface area contributed by atoms with Gasteiger partial charge in [-0.3, -0.25) is 0 Å². The van der Waals surface area contributed by atoms with Crippen LogP contribution in [-0.4, -0.2) is 0 Å². The molecule has 0 aromatic heterocycles. The topological polar surface area (TPSA) is 0 Å². The van der Waals surface area contributed by atoms with E-state index in [-0.39, 0.29) is 94.2 Å². The minimum Gasteiger partial charge on any atom is -0.147 e. The molecule has 0 aromatic carbocycles. The van der Waals surface area contributed by atoms with Crippen molar-refractivity contribution in [1.82, 2.24) is 0 Å². The fourth-order valence-electron chi connectivity index (χ4n) is 0. The van der Waals surface area contributed by atoms with E-state index in [0.29, 0.717) is 0 Å². The summed E-state index contributed by atoms with van der Waals surface area (Å²) >= 11 is 0. The first-order valence-corrected chi connectivity index (χ1v) is 0. The number of halogens is 6. The summed E-state index contributed by atoms with van der Waals surface area (Å²) in [5.41, 5.74) is 0. The van der Waals surface area contributed by atoms with Gasteiger partial charge in [-0.25, -0.2) is 0 Å². The van der Waals surface area contributed by atoms with Crippen LogP contribution in [0.15, 0.2) is 0 Å². The maximum Gasteiger partial charge on any atom is 0 e. The quantitative estimate of drug-likeness (QED) is 0.582. The molecule has 0 saturated carbocycles. The lowest BCUT2D eigenvalue weighted by atomic mass is 31.0. The summed E-state index contributed by atoms with van der Waals surface area (Å²) in [4.78, 5) is 0. The molecule has 0 aliphatic heterocycles. The average molecular weight is 281 g/mol. The second-order valence-electron chi connectivity index (χ2n) is 0. The van der Waals surface area contributed by atoms with Crippen molar-refractivity contribution in [3.8, 4) is 0 Å². The predicted octanol–water partition coefficient (Wildman–Crippen LogP) is 4.25. The average Bonchev–Trinajstić information content (AvgIpc) is 0. The molecule has 58 valence electrons. The molecule has 6 radical (unpaired) electrons. The van der Waals surface area contributed by atoms with Crippen molar-refractivity contribution in [1.29, 1.82) is 0 Å². The molecule has 0 N–H and O–H groups in total. The summed E-state index contributed by atoms with van der Waals surface area (Å²) in [7, 11) is 0. The molecule has 0 aromatic rings. The number of rotatable bonds is 0. The standard InChI is InChI=1S/6ClH.2P/h6*1H;;. The number of hydrogen-bond donors (Lipinski definition) is 0. The van der Waals surface area contributed by atoms with Crippen LogP contribution in [0, 0.1) is 0 Å². The minimum atomic E-state index is 0. The Labute approximate surface area is 93.8 Å². The van der Waals surface area contributed by atoms with E-state index in [1.54, 1.807) is 0 Å². The predicted molar refractivity (Wildman–Crippen MR) is 57.3 cm³/mol. The summed E-state index contributed by atoms with van der Waals surface area (Å²) in [6.45, 7) is 0. The van der Waals surface area contributed by atoms with Gasteiger partial charge in [0.2, 0.25) is 0 Å². The Morgan fingerprint density at radius 2 is 0.250 bits per heavy atom. The zero-order valence-corrected chi connectivity index (χ0v) is 10.0. The first kappa shape index (κ1) is 145. The van der Waals surface area contributed by atoms with Crippen molar-refractivity contribution < 1.29 is 0 Å². The van der Waals surface area contributed by atoms with Crippen molar-refractivity contribution in [2.45, 2.75) is 0 Å². The van der Waals surface area contributed by atoms with Gasteiger partial charge in [0.15, 0.2) is 0 Å². The molecule has 8 heavy (non-hydrogen) atoms. The molecule has 0 amide bonds. The van der Waals surface area contributed by atoms with E-state index in [2.05, 4.69) is 0 Å². The van der Waals surface area contributed by atoms with Gasteiger partial charge in [-0.05, 0) is 0 Å². The molecule has 0 rings (SSSR count). The van der Waals surface area contributed by atoms with Gasteiger partial charge in [-0.2, -0.15) is 0 Å². The van der Waals surface area contributed by atoms with Gasteiger partial charge in [0.25, 0.3) is 0 Å². The Kier molecular flexibility index (Phi) is 1900. The van der Waals surface area contributed by atoms with E-state index in [1.165, 1.54) is 0 Å². The summed E-state index contributed by atoms with van der Waals surface area (Å²) in [5, 5.41) is 0. The largest absolute Gasteiger partial charge is 0.147 e. The minimum absolute atomic E-state index is 0. The van der Waals surface area contributed by atoms with Crippen LogP contribution in [0.3, 0.4) is 0 Å². The van der Waals surface area contributed by atoms with Gasteiger partial charge in [-0.15, -0.1) is 74.4 Å². The van der Waals surface area contributed by atoms with E-state index in [9.17, 15) is 0 Å². The molecule has 0 atom stereocenters.